The predicted molar refractivity (Wildman–Crippen MR) is 95.0 cm³/mol. The molecule has 0 spiro atoms. The number of fused-ring (bicyclic) bond motifs is 1. The van der Waals surface area contributed by atoms with Crippen molar-refractivity contribution in [2.24, 2.45) is 0 Å². The largest absolute Gasteiger partial charge is 0.205 e. The van der Waals surface area contributed by atoms with Gasteiger partial charge in [0.1, 0.15) is 29.1 Å². The smallest absolute Gasteiger partial charge is 0.146 e. The van der Waals surface area contributed by atoms with Gasteiger partial charge in [-0.1, -0.05) is 49.5 Å². The van der Waals surface area contributed by atoms with Crippen LogP contribution >= 0.6 is 0 Å². The minimum Gasteiger partial charge on any atom is -0.205 e. The minimum atomic E-state index is -0.987. The van der Waals surface area contributed by atoms with Gasteiger partial charge in [-0.15, -0.1) is 0 Å². The molecule has 0 aromatic heterocycles. The van der Waals surface area contributed by atoms with E-state index in [1.54, 1.807) is 18.2 Å². The molecule has 0 fully saturated rings. The molecule has 0 atom stereocenters. The van der Waals surface area contributed by atoms with Crippen molar-refractivity contribution in [2.45, 2.75) is 19.8 Å². The summed E-state index contributed by atoms with van der Waals surface area (Å²) in [6.07, 6.45) is 1.93. The highest BCUT2D eigenvalue weighted by Gasteiger charge is 2.10. The van der Waals surface area contributed by atoms with Crippen LogP contribution in [0.25, 0.3) is 10.8 Å². The summed E-state index contributed by atoms with van der Waals surface area (Å²) in [5.74, 6) is 2.72. The summed E-state index contributed by atoms with van der Waals surface area (Å²) >= 11 is 0. The molecular weight excluding hydrogens is 335 g/mol. The fraction of sp³-hybridized carbons (Fsp3) is 0.136. The second kappa shape index (κ2) is 7.33. The fourth-order valence-electron chi connectivity index (χ4n) is 2.77. The molecule has 0 saturated heterocycles. The Hall–Kier alpha value is -3.24. The number of hydrogen-bond acceptors (Lipinski definition) is 1. The molecule has 0 aliphatic carbocycles. The lowest BCUT2D eigenvalue weighted by Gasteiger charge is -2.05. The van der Waals surface area contributed by atoms with Gasteiger partial charge in [0, 0.05) is 10.9 Å². The standard InChI is InChI=1S/C22H14F3N/c1-2-3-14-5-9-18-17(10-14)8-7-16(22(18)25)6-4-15-11-20(23)19(13-26)21(24)12-15/h5,7-12H,2-3H2,1H3. The van der Waals surface area contributed by atoms with Crippen LogP contribution < -0.4 is 0 Å². The zero-order valence-corrected chi connectivity index (χ0v) is 14.0. The third-order valence-electron chi connectivity index (χ3n) is 4.05. The molecule has 4 heteroatoms. The monoisotopic (exact) mass is 349 g/mol. The number of rotatable bonds is 2. The third-order valence-corrected chi connectivity index (χ3v) is 4.05. The van der Waals surface area contributed by atoms with E-state index in [0.29, 0.717) is 5.39 Å². The van der Waals surface area contributed by atoms with E-state index in [0.717, 1.165) is 35.9 Å². The van der Waals surface area contributed by atoms with E-state index >= 15 is 0 Å². The highest BCUT2D eigenvalue weighted by atomic mass is 19.1. The summed E-state index contributed by atoms with van der Waals surface area (Å²) in [6, 6.07) is 12.3. The maximum absolute atomic E-state index is 14.7. The first kappa shape index (κ1) is 17.6. The van der Waals surface area contributed by atoms with Gasteiger partial charge in [0.05, 0.1) is 5.56 Å². The molecule has 3 rings (SSSR count). The van der Waals surface area contributed by atoms with Crippen LogP contribution in [0.1, 0.15) is 35.6 Å². The van der Waals surface area contributed by atoms with Crippen molar-refractivity contribution in [2.75, 3.05) is 0 Å². The van der Waals surface area contributed by atoms with Crippen molar-refractivity contribution >= 4 is 10.8 Å². The van der Waals surface area contributed by atoms with Crippen molar-refractivity contribution in [3.8, 4) is 17.9 Å². The SMILES string of the molecule is CCCc1ccc2c(F)c(C#Cc3cc(F)c(C#N)c(F)c3)ccc2c1. The van der Waals surface area contributed by atoms with Crippen molar-refractivity contribution in [1.82, 2.24) is 0 Å². The Morgan fingerprint density at radius 1 is 0.923 bits per heavy atom. The van der Waals surface area contributed by atoms with Gasteiger partial charge in [-0.2, -0.15) is 5.26 Å². The van der Waals surface area contributed by atoms with E-state index in [1.807, 2.05) is 12.1 Å². The van der Waals surface area contributed by atoms with Gasteiger partial charge in [0.2, 0.25) is 0 Å². The second-order valence-electron chi connectivity index (χ2n) is 5.91. The van der Waals surface area contributed by atoms with Gasteiger partial charge in [0.15, 0.2) is 0 Å². The number of aryl methyl sites for hydroxylation is 1. The van der Waals surface area contributed by atoms with Crippen LogP contribution in [0.5, 0.6) is 0 Å². The Morgan fingerprint density at radius 2 is 1.65 bits per heavy atom. The minimum absolute atomic E-state index is 0.0387. The summed E-state index contributed by atoms with van der Waals surface area (Å²) in [4.78, 5) is 0. The fourth-order valence-corrected chi connectivity index (χ4v) is 2.77. The summed E-state index contributed by atoms with van der Waals surface area (Å²) < 4.78 is 41.9. The molecule has 0 aliphatic heterocycles. The van der Waals surface area contributed by atoms with Crippen molar-refractivity contribution < 1.29 is 13.2 Å². The van der Waals surface area contributed by atoms with E-state index in [-0.39, 0.29) is 11.1 Å². The lowest BCUT2D eigenvalue weighted by atomic mass is 10.0. The number of hydrogen-bond donors (Lipinski definition) is 0. The molecule has 0 unspecified atom stereocenters. The Kier molecular flexibility index (Phi) is 4.96. The van der Waals surface area contributed by atoms with E-state index in [9.17, 15) is 13.2 Å². The average molecular weight is 349 g/mol. The van der Waals surface area contributed by atoms with Crippen LogP contribution in [0.15, 0.2) is 42.5 Å². The molecule has 0 N–H and O–H groups in total. The highest BCUT2D eigenvalue weighted by Crippen LogP contribution is 2.23. The summed E-state index contributed by atoms with van der Waals surface area (Å²) in [6.45, 7) is 2.08. The molecule has 3 aromatic carbocycles. The summed E-state index contributed by atoms with van der Waals surface area (Å²) in [5.41, 5.74) is 0.666. The third kappa shape index (κ3) is 3.41. The maximum Gasteiger partial charge on any atom is 0.146 e. The quantitative estimate of drug-likeness (QED) is 0.562. The molecule has 128 valence electrons. The number of nitrogens with zero attached hydrogens (tertiary/aromatic N) is 1. The van der Waals surface area contributed by atoms with Gasteiger partial charge in [-0.05, 0) is 35.6 Å². The molecule has 26 heavy (non-hydrogen) atoms. The molecule has 1 nitrogen and oxygen atoms in total. The molecule has 0 heterocycles. The van der Waals surface area contributed by atoms with Crippen molar-refractivity contribution in [1.29, 1.82) is 5.26 Å². The van der Waals surface area contributed by atoms with Crippen LogP contribution in [-0.2, 0) is 6.42 Å². The predicted octanol–water partition coefficient (Wildman–Crippen LogP) is 5.48. The molecular formula is C22H14F3N. The van der Waals surface area contributed by atoms with Crippen LogP contribution in [0.2, 0.25) is 0 Å². The van der Waals surface area contributed by atoms with E-state index < -0.39 is 23.0 Å². The van der Waals surface area contributed by atoms with Gasteiger partial charge in [-0.3, -0.25) is 0 Å². The first-order chi connectivity index (χ1) is 12.5. The van der Waals surface area contributed by atoms with Crippen molar-refractivity contribution in [3.63, 3.8) is 0 Å². The Morgan fingerprint density at radius 3 is 2.31 bits per heavy atom. The Balaban J connectivity index is 2.01. The number of benzene rings is 3. The lowest BCUT2D eigenvalue weighted by Crippen LogP contribution is -1.92. The molecule has 0 amide bonds. The van der Waals surface area contributed by atoms with Crippen LogP contribution in [-0.4, -0.2) is 0 Å². The van der Waals surface area contributed by atoms with Gasteiger partial charge in [-0.25, -0.2) is 13.2 Å². The maximum atomic E-state index is 14.7. The van der Waals surface area contributed by atoms with E-state index in [2.05, 4.69) is 18.8 Å². The summed E-state index contributed by atoms with van der Waals surface area (Å²) in [5, 5.41) is 9.91. The number of nitriles is 1. The first-order valence-corrected chi connectivity index (χ1v) is 8.15. The van der Waals surface area contributed by atoms with E-state index in [4.69, 9.17) is 5.26 Å². The Labute approximate surface area is 149 Å². The van der Waals surface area contributed by atoms with Crippen LogP contribution in [0.4, 0.5) is 13.2 Å². The van der Waals surface area contributed by atoms with Gasteiger partial charge >= 0.3 is 0 Å². The zero-order valence-electron chi connectivity index (χ0n) is 14.0. The van der Waals surface area contributed by atoms with Crippen LogP contribution in [0, 0.1) is 40.6 Å². The molecule has 0 aliphatic rings. The van der Waals surface area contributed by atoms with Crippen LogP contribution in [0.3, 0.4) is 0 Å². The second-order valence-corrected chi connectivity index (χ2v) is 5.91. The molecule has 0 saturated carbocycles. The van der Waals surface area contributed by atoms with Crippen molar-refractivity contribution in [3.05, 3.63) is 82.2 Å². The topological polar surface area (TPSA) is 23.8 Å². The molecule has 0 bridgehead atoms. The normalized spacial score (nSPS) is 10.3. The van der Waals surface area contributed by atoms with Gasteiger partial charge < -0.3 is 0 Å². The average Bonchev–Trinajstić information content (AvgIpc) is 2.61. The number of halogens is 3. The molecule has 0 radical (unpaired) electrons. The lowest BCUT2D eigenvalue weighted by molar-refractivity contribution is 0.576. The highest BCUT2D eigenvalue weighted by molar-refractivity contribution is 5.85. The first-order valence-electron chi connectivity index (χ1n) is 8.15. The van der Waals surface area contributed by atoms with E-state index in [1.165, 1.54) is 6.07 Å². The zero-order chi connectivity index (χ0) is 18.7. The van der Waals surface area contributed by atoms with Gasteiger partial charge in [0.25, 0.3) is 0 Å². The Bertz CT molecular complexity index is 1080. The molecule has 3 aromatic rings. The summed E-state index contributed by atoms with van der Waals surface area (Å²) in [7, 11) is 0.